The van der Waals surface area contributed by atoms with E-state index in [0.717, 1.165) is 11.1 Å². The number of nitrogen functional groups attached to an aromatic ring is 1. The molecular weight excluding hydrogens is 368 g/mol. The van der Waals surface area contributed by atoms with E-state index in [1.165, 1.54) is 12.4 Å². The fourth-order valence-corrected chi connectivity index (χ4v) is 3.09. The van der Waals surface area contributed by atoms with E-state index in [9.17, 15) is 9.59 Å². The van der Waals surface area contributed by atoms with Crippen LogP contribution in [0.15, 0.2) is 36.7 Å². The van der Waals surface area contributed by atoms with Gasteiger partial charge in [-0.05, 0) is 30.9 Å². The first-order valence-electron chi connectivity index (χ1n) is 9.53. The molecule has 152 valence electrons. The second kappa shape index (κ2) is 8.30. The number of carbonyl (C=O) groups is 2. The number of anilines is 2. The van der Waals surface area contributed by atoms with Crippen molar-refractivity contribution in [3.63, 3.8) is 0 Å². The van der Waals surface area contributed by atoms with Crippen molar-refractivity contribution in [3.8, 4) is 0 Å². The molecule has 0 saturated heterocycles. The minimum Gasteiger partial charge on any atom is -0.383 e. The molecule has 2 aromatic heterocycles. The molecule has 1 aromatic carbocycles. The van der Waals surface area contributed by atoms with E-state index in [1.54, 1.807) is 4.90 Å². The molecule has 0 aliphatic carbocycles. The second-order valence-electron chi connectivity index (χ2n) is 7.51. The number of hydrogen-bond donors (Lipinski definition) is 3. The molecule has 0 saturated carbocycles. The van der Waals surface area contributed by atoms with Crippen molar-refractivity contribution in [1.29, 1.82) is 0 Å². The van der Waals surface area contributed by atoms with Gasteiger partial charge in [0.2, 0.25) is 0 Å². The molecule has 0 fully saturated rings. The van der Waals surface area contributed by atoms with Gasteiger partial charge in [-0.25, -0.2) is 4.98 Å². The molecule has 3 aromatic rings. The smallest absolute Gasteiger partial charge is 0.314 e. The average molecular weight is 394 g/mol. The van der Waals surface area contributed by atoms with Gasteiger partial charge in [0.25, 0.3) is 0 Å². The summed E-state index contributed by atoms with van der Waals surface area (Å²) in [6.07, 6.45) is 2.94. The number of carbonyl (C=O) groups excluding carboxylic acids is 2. The molecule has 0 aliphatic rings. The lowest BCUT2D eigenvalue weighted by atomic mass is 10.0. The Hall–Kier alpha value is -3.42. The van der Waals surface area contributed by atoms with Crippen molar-refractivity contribution in [2.75, 3.05) is 11.1 Å². The van der Waals surface area contributed by atoms with Crippen LogP contribution in [0.3, 0.4) is 0 Å². The number of nitrogens with one attached hydrogen (secondary N) is 2. The van der Waals surface area contributed by atoms with Gasteiger partial charge in [0.05, 0.1) is 29.0 Å². The van der Waals surface area contributed by atoms with Crippen LogP contribution < -0.4 is 11.1 Å². The molecule has 0 aliphatic heterocycles. The summed E-state index contributed by atoms with van der Waals surface area (Å²) in [7, 11) is 0. The summed E-state index contributed by atoms with van der Waals surface area (Å²) in [5.41, 5.74) is 8.79. The van der Waals surface area contributed by atoms with Crippen LogP contribution >= 0.6 is 0 Å². The first-order valence-corrected chi connectivity index (χ1v) is 9.53. The van der Waals surface area contributed by atoms with Gasteiger partial charge >= 0.3 is 11.8 Å². The number of nitrogens with zero attached hydrogens (tertiary/aromatic N) is 3. The highest BCUT2D eigenvalue weighted by Gasteiger charge is 2.29. The SMILES string of the molecule is Cc1ccccc1CN(C(=O)C(=O)Nc1cnc(N)c2cn[nH]c12)[C@H](C)C(C)C. The van der Waals surface area contributed by atoms with Gasteiger partial charge in [0.15, 0.2) is 0 Å². The number of nitrogens with two attached hydrogens (primary N) is 1. The number of aromatic amines is 1. The Balaban J connectivity index is 1.86. The van der Waals surface area contributed by atoms with Crippen molar-refractivity contribution in [3.05, 3.63) is 47.8 Å². The predicted octanol–water partition coefficient (Wildman–Crippen LogP) is 2.86. The van der Waals surface area contributed by atoms with E-state index in [4.69, 9.17) is 5.73 Å². The molecule has 4 N–H and O–H groups in total. The minimum absolute atomic E-state index is 0.121. The van der Waals surface area contributed by atoms with Gasteiger partial charge in [-0.15, -0.1) is 0 Å². The lowest BCUT2D eigenvalue weighted by Gasteiger charge is -2.32. The van der Waals surface area contributed by atoms with Crippen LogP contribution in [0.4, 0.5) is 11.5 Å². The van der Waals surface area contributed by atoms with Crippen LogP contribution in [0.25, 0.3) is 10.9 Å². The number of aromatic nitrogens is 3. The van der Waals surface area contributed by atoms with Crippen LogP contribution in [0.2, 0.25) is 0 Å². The highest BCUT2D eigenvalue weighted by atomic mass is 16.2. The van der Waals surface area contributed by atoms with E-state index in [-0.39, 0.29) is 12.0 Å². The van der Waals surface area contributed by atoms with Gasteiger partial charge in [-0.1, -0.05) is 38.1 Å². The summed E-state index contributed by atoms with van der Waals surface area (Å²) in [5, 5.41) is 9.96. The molecule has 8 nitrogen and oxygen atoms in total. The number of H-pyrrole nitrogens is 1. The predicted molar refractivity (Wildman–Crippen MR) is 113 cm³/mol. The molecule has 0 radical (unpaired) electrons. The van der Waals surface area contributed by atoms with Crippen molar-refractivity contribution in [2.45, 2.75) is 40.3 Å². The maximum absolute atomic E-state index is 13.1. The third-order valence-electron chi connectivity index (χ3n) is 5.28. The fourth-order valence-electron chi connectivity index (χ4n) is 3.09. The molecule has 1 atom stereocenters. The molecular formula is C21H26N6O2. The number of aryl methyl sites for hydroxylation is 1. The van der Waals surface area contributed by atoms with E-state index in [2.05, 4.69) is 20.5 Å². The summed E-state index contributed by atoms with van der Waals surface area (Å²) in [4.78, 5) is 31.6. The number of pyridine rings is 1. The van der Waals surface area contributed by atoms with Crippen LogP contribution in [0.1, 0.15) is 31.9 Å². The van der Waals surface area contributed by atoms with Gasteiger partial charge in [0, 0.05) is 12.6 Å². The maximum Gasteiger partial charge on any atom is 0.314 e. The Morgan fingerprint density at radius 3 is 2.62 bits per heavy atom. The Morgan fingerprint density at radius 1 is 1.21 bits per heavy atom. The monoisotopic (exact) mass is 394 g/mol. The number of hydrogen-bond acceptors (Lipinski definition) is 5. The molecule has 8 heteroatoms. The van der Waals surface area contributed by atoms with Crippen molar-refractivity contribution >= 4 is 34.2 Å². The summed E-state index contributed by atoms with van der Waals surface area (Å²) in [6, 6.07) is 7.73. The highest BCUT2D eigenvalue weighted by molar-refractivity contribution is 6.40. The van der Waals surface area contributed by atoms with Crippen LogP contribution in [0.5, 0.6) is 0 Å². The van der Waals surface area contributed by atoms with Gasteiger partial charge < -0.3 is 16.0 Å². The number of rotatable bonds is 5. The largest absolute Gasteiger partial charge is 0.383 e. The molecule has 29 heavy (non-hydrogen) atoms. The first kappa shape index (κ1) is 20.3. The molecule has 0 unspecified atom stereocenters. The van der Waals surface area contributed by atoms with Crippen LogP contribution in [-0.2, 0) is 16.1 Å². The lowest BCUT2D eigenvalue weighted by molar-refractivity contribution is -0.145. The Labute approximate surface area is 169 Å². The molecule has 0 bridgehead atoms. The summed E-state index contributed by atoms with van der Waals surface area (Å²) in [6.45, 7) is 8.36. The fraction of sp³-hybridized carbons (Fsp3) is 0.333. The molecule has 2 heterocycles. The standard InChI is InChI=1S/C21H26N6O2/c1-12(2)14(4)27(11-15-8-6-5-7-13(15)3)21(29)20(28)25-17-10-23-19(22)16-9-24-26-18(16)17/h5-10,12,14H,11H2,1-4H3,(H2,22,23)(H,24,26)(H,25,28)/t14-/m1/s1. The number of amides is 2. The van der Waals surface area contributed by atoms with Crippen molar-refractivity contribution in [1.82, 2.24) is 20.1 Å². The summed E-state index contributed by atoms with van der Waals surface area (Å²) in [5.74, 6) is -0.839. The van der Waals surface area contributed by atoms with Crippen LogP contribution in [0, 0.1) is 12.8 Å². The zero-order valence-electron chi connectivity index (χ0n) is 17.1. The molecule has 0 spiro atoms. The minimum atomic E-state index is -0.728. The summed E-state index contributed by atoms with van der Waals surface area (Å²) >= 11 is 0. The maximum atomic E-state index is 13.1. The first-order chi connectivity index (χ1) is 13.8. The quantitative estimate of drug-likeness (QED) is 0.575. The van der Waals surface area contributed by atoms with Gasteiger partial charge in [-0.2, -0.15) is 5.10 Å². The van der Waals surface area contributed by atoms with E-state index < -0.39 is 11.8 Å². The normalized spacial score (nSPS) is 12.2. The van der Waals surface area contributed by atoms with Crippen molar-refractivity contribution in [2.24, 2.45) is 5.92 Å². The summed E-state index contributed by atoms with van der Waals surface area (Å²) < 4.78 is 0. The number of fused-ring (bicyclic) bond motifs is 1. The number of benzene rings is 1. The third kappa shape index (κ3) is 4.21. The Kier molecular flexibility index (Phi) is 5.81. The van der Waals surface area contributed by atoms with E-state index in [1.807, 2.05) is 52.0 Å². The highest BCUT2D eigenvalue weighted by Crippen LogP contribution is 2.24. The van der Waals surface area contributed by atoms with E-state index in [0.29, 0.717) is 29.0 Å². The molecule has 2 amide bonds. The van der Waals surface area contributed by atoms with E-state index >= 15 is 0 Å². The Bertz CT molecular complexity index is 1040. The zero-order chi connectivity index (χ0) is 21.1. The third-order valence-corrected chi connectivity index (χ3v) is 5.28. The lowest BCUT2D eigenvalue weighted by Crippen LogP contribution is -2.46. The van der Waals surface area contributed by atoms with Gasteiger partial charge in [-0.3, -0.25) is 14.7 Å². The average Bonchev–Trinajstić information content (AvgIpc) is 3.19. The molecule has 3 rings (SSSR count). The van der Waals surface area contributed by atoms with Gasteiger partial charge in [0.1, 0.15) is 5.82 Å². The van der Waals surface area contributed by atoms with Crippen LogP contribution in [-0.4, -0.2) is 37.9 Å². The topological polar surface area (TPSA) is 117 Å². The Morgan fingerprint density at radius 2 is 1.93 bits per heavy atom. The zero-order valence-corrected chi connectivity index (χ0v) is 17.1. The van der Waals surface area contributed by atoms with Crippen molar-refractivity contribution < 1.29 is 9.59 Å². The second-order valence-corrected chi connectivity index (χ2v) is 7.51.